The molecule has 0 aliphatic carbocycles. The number of carbonyl (C=O) groups is 1. The molecule has 0 saturated carbocycles. The SMILES string of the molecule is CC(C)(C)OC(=O)c1cnc(NCCC2(c3ccc([N+](=O)[O-])cn3)C=CC=N2)nc1-c1ccc(C#N)cc1. The van der Waals surface area contributed by atoms with E-state index in [1.807, 2.05) is 6.08 Å². The van der Waals surface area contributed by atoms with Gasteiger partial charge in [-0.05, 0) is 57.5 Å². The van der Waals surface area contributed by atoms with E-state index in [0.717, 1.165) is 0 Å². The number of nitrogens with zero attached hydrogens (tertiary/aromatic N) is 6. The standard InChI is InChI=1S/C27H25N7O4/c1-26(2,3)38-24(35)21-17-31-25(33-23(21)19-7-5-18(15-28)6-8-19)29-14-12-27(11-4-13-32-27)22-10-9-20(16-30-22)34(36)37/h4-11,13,16-17H,12,14H2,1-3H3,(H,29,31,33). The van der Waals surface area contributed by atoms with E-state index >= 15 is 0 Å². The molecule has 0 amide bonds. The molecule has 0 saturated heterocycles. The number of pyridine rings is 1. The highest BCUT2D eigenvalue weighted by atomic mass is 16.6. The Morgan fingerprint density at radius 1 is 1.16 bits per heavy atom. The summed E-state index contributed by atoms with van der Waals surface area (Å²) in [6.45, 7) is 5.72. The fourth-order valence-corrected chi connectivity index (χ4v) is 3.84. The first kappa shape index (κ1) is 26.1. The number of carbonyl (C=O) groups excluding carboxylic acids is 1. The number of hydrogen-bond acceptors (Lipinski definition) is 10. The van der Waals surface area contributed by atoms with E-state index in [1.54, 1.807) is 63.4 Å². The van der Waals surface area contributed by atoms with Gasteiger partial charge in [-0.15, -0.1) is 0 Å². The lowest BCUT2D eigenvalue weighted by molar-refractivity contribution is -0.385. The zero-order valence-corrected chi connectivity index (χ0v) is 21.1. The molecule has 11 heteroatoms. The van der Waals surface area contributed by atoms with E-state index in [2.05, 4.69) is 31.3 Å². The fourth-order valence-electron chi connectivity index (χ4n) is 3.84. The highest BCUT2D eigenvalue weighted by Gasteiger charge is 2.32. The molecule has 1 aromatic carbocycles. The van der Waals surface area contributed by atoms with E-state index in [9.17, 15) is 14.9 Å². The summed E-state index contributed by atoms with van der Waals surface area (Å²) >= 11 is 0. The van der Waals surface area contributed by atoms with Gasteiger partial charge in [0.15, 0.2) is 0 Å². The van der Waals surface area contributed by atoms with Crippen LogP contribution in [-0.2, 0) is 10.3 Å². The summed E-state index contributed by atoms with van der Waals surface area (Å²) in [4.78, 5) is 41.1. The second-order valence-electron chi connectivity index (χ2n) is 9.54. The molecular weight excluding hydrogens is 486 g/mol. The van der Waals surface area contributed by atoms with Crippen LogP contribution in [0.2, 0.25) is 0 Å². The predicted molar refractivity (Wildman–Crippen MR) is 141 cm³/mol. The topological polar surface area (TPSA) is 156 Å². The Balaban J connectivity index is 1.57. The molecule has 38 heavy (non-hydrogen) atoms. The normalized spacial score (nSPS) is 16.2. The van der Waals surface area contributed by atoms with Gasteiger partial charge in [-0.2, -0.15) is 5.26 Å². The average Bonchev–Trinajstić information content (AvgIpc) is 3.38. The molecule has 1 N–H and O–H groups in total. The maximum atomic E-state index is 12.9. The second-order valence-corrected chi connectivity index (χ2v) is 9.54. The van der Waals surface area contributed by atoms with Crippen LogP contribution in [0.3, 0.4) is 0 Å². The van der Waals surface area contributed by atoms with Crippen molar-refractivity contribution in [2.24, 2.45) is 4.99 Å². The summed E-state index contributed by atoms with van der Waals surface area (Å²) in [6, 6.07) is 11.8. The molecule has 4 rings (SSSR count). The van der Waals surface area contributed by atoms with E-state index in [1.165, 1.54) is 18.5 Å². The van der Waals surface area contributed by atoms with E-state index < -0.39 is 22.0 Å². The Labute approximate surface area is 219 Å². The summed E-state index contributed by atoms with van der Waals surface area (Å²) < 4.78 is 5.54. The van der Waals surface area contributed by atoms with Gasteiger partial charge in [-0.1, -0.05) is 12.1 Å². The Hall–Kier alpha value is -4.98. The predicted octanol–water partition coefficient (Wildman–Crippen LogP) is 4.61. The zero-order chi connectivity index (χ0) is 27.3. The van der Waals surface area contributed by atoms with Crippen LogP contribution in [0.1, 0.15) is 48.8 Å². The van der Waals surface area contributed by atoms with Crippen molar-refractivity contribution >= 4 is 23.8 Å². The third-order valence-corrected chi connectivity index (χ3v) is 5.65. The number of anilines is 1. The maximum absolute atomic E-state index is 12.9. The Morgan fingerprint density at radius 2 is 1.92 bits per heavy atom. The van der Waals surface area contributed by atoms with Crippen molar-refractivity contribution in [3.05, 3.63) is 87.9 Å². The summed E-state index contributed by atoms with van der Waals surface area (Å²) in [5, 5.41) is 23.3. The van der Waals surface area contributed by atoms with Gasteiger partial charge in [-0.25, -0.2) is 14.8 Å². The lowest BCUT2D eigenvalue weighted by atomic mass is 9.92. The number of esters is 1. The number of rotatable bonds is 8. The molecule has 2 aromatic heterocycles. The fraction of sp³-hybridized carbons (Fsp3) is 0.259. The lowest BCUT2D eigenvalue weighted by Crippen LogP contribution is -2.25. The highest BCUT2D eigenvalue weighted by Crippen LogP contribution is 2.33. The summed E-state index contributed by atoms with van der Waals surface area (Å²) in [7, 11) is 0. The molecule has 0 fully saturated rings. The van der Waals surface area contributed by atoms with Crippen LogP contribution in [0.4, 0.5) is 11.6 Å². The van der Waals surface area contributed by atoms with E-state index in [0.29, 0.717) is 35.5 Å². The number of aromatic nitrogens is 3. The van der Waals surface area contributed by atoms with E-state index in [-0.39, 0.29) is 17.2 Å². The van der Waals surface area contributed by atoms with Crippen molar-refractivity contribution < 1.29 is 14.5 Å². The van der Waals surface area contributed by atoms with Crippen LogP contribution < -0.4 is 5.32 Å². The van der Waals surface area contributed by atoms with Gasteiger partial charge in [0.05, 0.1) is 27.9 Å². The first-order valence-electron chi connectivity index (χ1n) is 11.8. The third-order valence-electron chi connectivity index (χ3n) is 5.65. The number of aliphatic imine (C=N–C) groups is 1. The largest absolute Gasteiger partial charge is 0.456 e. The van der Waals surface area contributed by atoms with Gasteiger partial charge >= 0.3 is 5.97 Å². The summed E-state index contributed by atoms with van der Waals surface area (Å²) in [5.74, 6) is -0.272. The number of allylic oxidation sites excluding steroid dienone is 1. The Kier molecular flexibility index (Phi) is 7.25. The van der Waals surface area contributed by atoms with Crippen LogP contribution >= 0.6 is 0 Å². The van der Waals surface area contributed by atoms with Crippen molar-refractivity contribution in [3.8, 4) is 17.3 Å². The summed E-state index contributed by atoms with van der Waals surface area (Å²) in [6.07, 6.45) is 8.45. The van der Waals surface area contributed by atoms with Crippen LogP contribution in [-0.4, -0.2) is 44.2 Å². The van der Waals surface area contributed by atoms with Gasteiger partial charge in [0.25, 0.3) is 5.69 Å². The van der Waals surface area contributed by atoms with Crippen molar-refractivity contribution in [1.29, 1.82) is 5.26 Å². The molecule has 0 radical (unpaired) electrons. The van der Waals surface area contributed by atoms with Crippen molar-refractivity contribution in [2.75, 3.05) is 11.9 Å². The molecule has 0 spiro atoms. The molecule has 1 aliphatic rings. The molecule has 1 atom stereocenters. The van der Waals surface area contributed by atoms with E-state index in [4.69, 9.17) is 10.00 Å². The lowest BCUT2D eigenvalue weighted by Gasteiger charge is -2.24. The minimum Gasteiger partial charge on any atom is -0.456 e. The zero-order valence-electron chi connectivity index (χ0n) is 21.1. The molecule has 192 valence electrons. The summed E-state index contributed by atoms with van der Waals surface area (Å²) in [5.41, 5.74) is 0.675. The smallest absolute Gasteiger partial charge is 0.342 e. The second kappa shape index (κ2) is 10.6. The van der Waals surface area contributed by atoms with Crippen LogP contribution in [0, 0.1) is 21.4 Å². The molecule has 11 nitrogen and oxygen atoms in total. The quantitative estimate of drug-likeness (QED) is 0.259. The highest BCUT2D eigenvalue weighted by molar-refractivity contribution is 5.96. The molecule has 3 heterocycles. The number of nitrogens with one attached hydrogen (secondary N) is 1. The van der Waals surface area contributed by atoms with Crippen molar-refractivity contribution in [2.45, 2.75) is 38.3 Å². The Morgan fingerprint density at radius 3 is 2.50 bits per heavy atom. The first-order valence-corrected chi connectivity index (χ1v) is 11.8. The van der Waals surface area contributed by atoms with Crippen molar-refractivity contribution in [3.63, 3.8) is 0 Å². The number of nitro groups is 1. The van der Waals surface area contributed by atoms with Gasteiger partial charge in [-0.3, -0.25) is 20.1 Å². The molecular formula is C27H25N7O4. The van der Waals surface area contributed by atoms with Gasteiger partial charge in [0.1, 0.15) is 22.9 Å². The molecule has 1 unspecified atom stereocenters. The maximum Gasteiger partial charge on any atom is 0.342 e. The first-order chi connectivity index (χ1) is 18.1. The molecule has 3 aromatic rings. The molecule has 1 aliphatic heterocycles. The van der Waals surface area contributed by atoms with Crippen LogP contribution in [0.5, 0.6) is 0 Å². The minimum absolute atomic E-state index is 0.0956. The van der Waals surface area contributed by atoms with Gasteiger partial charge < -0.3 is 10.1 Å². The van der Waals surface area contributed by atoms with Gasteiger partial charge in [0.2, 0.25) is 5.95 Å². The number of benzene rings is 1. The minimum atomic E-state index is -0.783. The Bertz CT molecular complexity index is 1440. The van der Waals surface area contributed by atoms with Crippen molar-refractivity contribution in [1.82, 2.24) is 15.0 Å². The number of hydrogen-bond donors (Lipinski definition) is 1. The number of ether oxygens (including phenoxy) is 1. The average molecular weight is 512 g/mol. The van der Waals surface area contributed by atoms with Crippen LogP contribution in [0.25, 0.3) is 11.3 Å². The van der Waals surface area contributed by atoms with Gasteiger partial charge in [0, 0.05) is 30.6 Å². The monoisotopic (exact) mass is 511 g/mol. The third kappa shape index (κ3) is 5.87. The molecule has 0 bridgehead atoms. The van der Waals surface area contributed by atoms with Crippen LogP contribution in [0.15, 0.2) is 65.9 Å². The number of nitriles is 1.